The molecule has 0 aliphatic rings. The Morgan fingerprint density at radius 1 is 0.381 bits per heavy atom. The molecule has 14 rings (SSSR count). The van der Waals surface area contributed by atoms with E-state index in [0.717, 1.165) is 60.5 Å². The topological polar surface area (TPSA) is 56.7 Å². The van der Waals surface area contributed by atoms with E-state index in [-0.39, 0.29) is 0 Å². The van der Waals surface area contributed by atoms with E-state index in [2.05, 4.69) is 180 Å². The van der Waals surface area contributed by atoms with Crippen molar-refractivity contribution in [2.45, 2.75) is 0 Å². The van der Waals surface area contributed by atoms with Crippen LogP contribution in [0.2, 0.25) is 0 Å². The van der Waals surface area contributed by atoms with Crippen LogP contribution in [0.15, 0.2) is 199 Å². The standard InChI is InChI=1S/C57H32N4OS/c1-2-14-34(15-3-1)55-58-56(60-57(59-55)43-22-12-24-51-53(43)42-21-10-11-23-50(42)63-51)37-25-27-40-44-32-48(39-19-8-9-20-41(39)54(44)62-49(40)31-37)61-46-28-26-33-13-6-7-18-38(33)52(46)45-29-35-16-4-5-17-36(35)30-47(45)61/h1-32H. The minimum absolute atomic E-state index is 0.591. The molecule has 6 heteroatoms. The lowest BCUT2D eigenvalue weighted by atomic mass is 10.0. The molecule has 14 aromatic rings. The van der Waals surface area contributed by atoms with E-state index in [1.165, 1.54) is 58.1 Å². The van der Waals surface area contributed by atoms with Gasteiger partial charge in [-0.15, -0.1) is 11.3 Å². The van der Waals surface area contributed by atoms with Crippen LogP contribution in [0.4, 0.5) is 0 Å². The number of hydrogen-bond acceptors (Lipinski definition) is 5. The molecule has 0 aliphatic heterocycles. The lowest BCUT2D eigenvalue weighted by molar-refractivity contribution is 0.672. The molecule has 0 atom stereocenters. The third-order valence-electron chi connectivity index (χ3n) is 12.8. The largest absolute Gasteiger partial charge is 0.455 e. The highest BCUT2D eigenvalue weighted by Crippen LogP contribution is 2.44. The van der Waals surface area contributed by atoms with Gasteiger partial charge in [0.1, 0.15) is 11.2 Å². The molecule has 0 aliphatic carbocycles. The molecule has 0 fully saturated rings. The number of fused-ring (bicyclic) bond motifs is 14. The molecule has 0 unspecified atom stereocenters. The summed E-state index contributed by atoms with van der Waals surface area (Å²) in [6.07, 6.45) is 0. The van der Waals surface area contributed by atoms with E-state index >= 15 is 0 Å². The van der Waals surface area contributed by atoms with Gasteiger partial charge in [-0.3, -0.25) is 0 Å². The molecule has 0 saturated heterocycles. The average molecular weight is 821 g/mol. The minimum Gasteiger partial charge on any atom is -0.455 e. The lowest BCUT2D eigenvalue weighted by Crippen LogP contribution is -2.00. The summed E-state index contributed by atoms with van der Waals surface area (Å²) < 4.78 is 11.8. The maximum absolute atomic E-state index is 6.94. The SMILES string of the molecule is c1ccc(-c2nc(-c3ccc4c(c3)oc3c5ccccc5c(-n5c6cc7ccccc7cc6c6c7ccccc7ccc65)cc43)nc(-c3cccc4sc5ccccc5c34)n2)cc1. The van der Waals surface area contributed by atoms with Gasteiger partial charge in [0.05, 0.1) is 16.7 Å². The zero-order chi connectivity index (χ0) is 41.2. The summed E-state index contributed by atoms with van der Waals surface area (Å²) in [5.41, 5.74) is 7.86. The third kappa shape index (κ3) is 5.13. The third-order valence-corrected chi connectivity index (χ3v) is 13.9. The van der Waals surface area contributed by atoms with E-state index in [1.54, 1.807) is 11.3 Å². The fourth-order valence-corrected chi connectivity index (χ4v) is 11.1. The van der Waals surface area contributed by atoms with Gasteiger partial charge in [-0.1, -0.05) is 146 Å². The van der Waals surface area contributed by atoms with Crippen LogP contribution < -0.4 is 0 Å². The number of rotatable bonds is 4. The summed E-state index contributed by atoms with van der Waals surface area (Å²) in [5.74, 6) is 1.85. The van der Waals surface area contributed by atoms with E-state index in [4.69, 9.17) is 19.4 Å². The Bertz CT molecular complexity index is 4220. The van der Waals surface area contributed by atoms with Crippen LogP contribution in [0.5, 0.6) is 0 Å². The molecule has 63 heavy (non-hydrogen) atoms. The molecule has 0 saturated carbocycles. The van der Waals surface area contributed by atoms with E-state index in [1.807, 2.05) is 18.2 Å². The molecular formula is C57H32N4OS. The highest BCUT2D eigenvalue weighted by atomic mass is 32.1. The fraction of sp³-hybridized carbons (Fsp3) is 0. The maximum atomic E-state index is 6.94. The van der Waals surface area contributed by atoms with Crippen molar-refractivity contribution in [1.82, 2.24) is 19.5 Å². The summed E-state index contributed by atoms with van der Waals surface area (Å²) >= 11 is 1.79. The minimum atomic E-state index is 0.591. The van der Waals surface area contributed by atoms with Gasteiger partial charge in [0.15, 0.2) is 17.5 Å². The predicted molar refractivity (Wildman–Crippen MR) is 263 cm³/mol. The normalized spacial score (nSPS) is 12.1. The van der Waals surface area contributed by atoms with Crippen molar-refractivity contribution in [3.63, 3.8) is 0 Å². The van der Waals surface area contributed by atoms with Gasteiger partial charge in [0.2, 0.25) is 0 Å². The van der Waals surface area contributed by atoms with E-state index in [0.29, 0.717) is 17.5 Å². The highest BCUT2D eigenvalue weighted by Gasteiger charge is 2.22. The second kappa shape index (κ2) is 13.2. The molecule has 0 amide bonds. The Labute approximate surface area is 363 Å². The van der Waals surface area contributed by atoms with Crippen molar-refractivity contribution < 1.29 is 4.42 Å². The fourth-order valence-electron chi connectivity index (χ4n) is 9.94. The van der Waals surface area contributed by atoms with Gasteiger partial charge in [0.25, 0.3) is 0 Å². The van der Waals surface area contributed by atoms with Gasteiger partial charge in [-0.05, 0) is 70.1 Å². The van der Waals surface area contributed by atoms with E-state index in [9.17, 15) is 0 Å². The predicted octanol–water partition coefficient (Wildman–Crippen LogP) is 15.7. The Morgan fingerprint density at radius 3 is 1.92 bits per heavy atom. The molecule has 0 spiro atoms. The van der Waals surface area contributed by atoms with Gasteiger partial charge in [0, 0.05) is 69.2 Å². The first-order chi connectivity index (χ1) is 31.2. The van der Waals surface area contributed by atoms with Crippen molar-refractivity contribution in [2.75, 3.05) is 0 Å². The second-order valence-corrected chi connectivity index (χ2v) is 17.4. The van der Waals surface area contributed by atoms with Crippen LogP contribution in [-0.4, -0.2) is 19.5 Å². The van der Waals surface area contributed by atoms with Crippen LogP contribution in [0.1, 0.15) is 0 Å². The quantitative estimate of drug-likeness (QED) is 0.177. The van der Waals surface area contributed by atoms with Crippen LogP contribution in [0.25, 0.3) is 136 Å². The number of furan rings is 1. The number of thiophene rings is 1. The first-order valence-corrected chi connectivity index (χ1v) is 22.0. The first-order valence-electron chi connectivity index (χ1n) is 21.2. The van der Waals surface area contributed by atoms with Crippen LogP contribution in [-0.2, 0) is 0 Å². The molecular weight excluding hydrogens is 789 g/mol. The van der Waals surface area contributed by atoms with Crippen molar-refractivity contribution in [3.8, 4) is 39.9 Å². The number of hydrogen-bond donors (Lipinski definition) is 0. The van der Waals surface area contributed by atoms with Gasteiger partial charge >= 0.3 is 0 Å². The Kier molecular flexibility index (Phi) is 7.21. The summed E-state index contributed by atoms with van der Waals surface area (Å²) in [7, 11) is 0. The van der Waals surface area contributed by atoms with Gasteiger partial charge in [-0.2, -0.15) is 0 Å². The molecule has 292 valence electrons. The van der Waals surface area contributed by atoms with E-state index < -0.39 is 0 Å². The molecule has 0 radical (unpaired) electrons. The summed E-state index contributed by atoms with van der Waals surface area (Å²) in [6.45, 7) is 0. The second-order valence-electron chi connectivity index (χ2n) is 16.3. The Morgan fingerprint density at radius 2 is 1.06 bits per heavy atom. The molecule has 4 heterocycles. The summed E-state index contributed by atoms with van der Waals surface area (Å²) in [5, 5.41) is 14.0. The number of nitrogens with zero attached hydrogens (tertiary/aromatic N) is 4. The van der Waals surface area contributed by atoms with Crippen LogP contribution >= 0.6 is 11.3 Å². The number of aromatic nitrogens is 4. The Balaban J connectivity index is 1.01. The lowest BCUT2D eigenvalue weighted by Gasteiger charge is -2.13. The van der Waals surface area contributed by atoms with Gasteiger partial charge < -0.3 is 8.98 Å². The molecule has 10 aromatic carbocycles. The molecule has 0 N–H and O–H groups in total. The highest BCUT2D eigenvalue weighted by molar-refractivity contribution is 7.25. The molecule has 0 bridgehead atoms. The number of benzene rings is 10. The smallest absolute Gasteiger partial charge is 0.164 e. The summed E-state index contributed by atoms with van der Waals surface area (Å²) in [6, 6.07) is 69.1. The van der Waals surface area contributed by atoms with Crippen molar-refractivity contribution in [3.05, 3.63) is 194 Å². The zero-order valence-corrected chi connectivity index (χ0v) is 34.4. The van der Waals surface area contributed by atoms with Crippen molar-refractivity contribution in [2.24, 2.45) is 0 Å². The zero-order valence-electron chi connectivity index (χ0n) is 33.6. The van der Waals surface area contributed by atoms with Crippen molar-refractivity contribution in [1.29, 1.82) is 0 Å². The average Bonchev–Trinajstić information content (AvgIpc) is 4.02. The maximum Gasteiger partial charge on any atom is 0.164 e. The van der Waals surface area contributed by atoms with Crippen LogP contribution in [0, 0.1) is 0 Å². The molecule has 4 aromatic heterocycles. The summed E-state index contributed by atoms with van der Waals surface area (Å²) in [4.78, 5) is 15.5. The van der Waals surface area contributed by atoms with Crippen molar-refractivity contribution >= 4 is 108 Å². The van der Waals surface area contributed by atoms with Crippen LogP contribution in [0.3, 0.4) is 0 Å². The first kappa shape index (κ1) is 34.5. The Hall–Kier alpha value is -8.19. The van der Waals surface area contributed by atoms with Gasteiger partial charge in [-0.25, -0.2) is 15.0 Å². The molecule has 5 nitrogen and oxygen atoms in total. The monoisotopic (exact) mass is 820 g/mol.